The molecule has 1 amide bonds. The van der Waals surface area contributed by atoms with Crippen LogP contribution >= 0.6 is 0 Å². The molecular formula is C28H47NO5S. The first kappa shape index (κ1) is 26.0. The number of fused-ring (bicyclic) bond motifs is 5. The van der Waals surface area contributed by atoms with Crippen molar-refractivity contribution in [2.24, 2.45) is 46.3 Å². The molecule has 0 radical (unpaired) electrons. The van der Waals surface area contributed by atoms with Crippen molar-refractivity contribution in [3.8, 4) is 0 Å². The quantitative estimate of drug-likeness (QED) is 0.514. The summed E-state index contributed by atoms with van der Waals surface area (Å²) in [5.41, 5.74) is 0.778. The third-order valence-corrected chi connectivity index (χ3v) is 13.4. The standard InChI is InChI=1S/C28H47NO5S/c1-18(4-9-26(31)29-15-12-21(17-29)35(32,33)34)23-7-8-24-22-6-5-19-16-20(30)10-13-27(19,2)25(22)11-14-28(23,24)3/h18-25,30H,4-17H2,1-3H3,(H,32,33,34). The summed E-state index contributed by atoms with van der Waals surface area (Å²) >= 11 is 0. The lowest BCUT2D eigenvalue weighted by Gasteiger charge is -2.61. The Morgan fingerprint density at radius 1 is 1.00 bits per heavy atom. The highest BCUT2D eigenvalue weighted by Gasteiger charge is 2.60. The third kappa shape index (κ3) is 4.50. The zero-order valence-corrected chi connectivity index (χ0v) is 22.8. The van der Waals surface area contributed by atoms with Crippen LogP contribution in [0.4, 0.5) is 0 Å². The van der Waals surface area contributed by atoms with Crippen molar-refractivity contribution in [3.63, 3.8) is 0 Å². The summed E-state index contributed by atoms with van der Waals surface area (Å²) in [6.45, 7) is 8.01. The summed E-state index contributed by atoms with van der Waals surface area (Å²) in [5.74, 6) is 4.32. The van der Waals surface area contributed by atoms with Gasteiger partial charge in [-0.25, -0.2) is 0 Å². The van der Waals surface area contributed by atoms with E-state index in [1.807, 2.05) is 0 Å². The van der Waals surface area contributed by atoms with Crippen LogP contribution in [-0.2, 0) is 14.9 Å². The molecule has 4 aliphatic carbocycles. The van der Waals surface area contributed by atoms with Crippen LogP contribution in [0.15, 0.2) is 0 Å². The molecule has 1 aliphatic heterocycles. The summed E-state index contributed by atoms with van der Waals surface area (Å²) < 4.78 is 32.2. The summed E-state index contributed by atoms with van der Waals surface area (Å²) in [5, 5.41) is 9.47. The van der Waals surface area contributed by atoms with Crippen LogP contribution in [0.1, 0.15) is 97.8 Å². The minimum absolute atomic E-state index is 0.0390. The molecule has 0 aromatic heterocycles. The molecule has 1 heterocycles. The van der Waals surface area contributed by atoms with Crippen molar-refractivity contribution < 1.29 is 22.9 Å². The van der Waals surface area contributed by atoms with E-state index in [0.717, 1.165) is 37.0 Å². The third-order valence-electron chi connectivity index (χ3n) is 12.1. The molecule has 0 aromatic carbocycles. The number of carbonyl (C=O) groups is 1. The molecule has 4 saturated carbocycles. The lowest BCUT2D eigenvalue weighted by molar-refractivity contribution is -0.132. The molecule has 10 unspecified atom stereocenters. The number of nitrogens with zero attached hydrogens (tertiary/aromatic N) is 1. The molecule has 200 valence electrons. The van der Waals surface area contributed by atoms with E-state index in [1.54, 1.807) is 4.90 Å². The van der Waals surface area contributed by atoms with Gasteiger partial charge in [0.25, 0.3) is 10.1 Å². The molecule has 6 nitrogen and oxygen atoms in total. The van der Waals surface area contributed by atoms with E-state index >= 15 is 0 Å². The highest BCUT2D eigenvalue weighted by atomic mass is 32.2. The molecule has 5 aliphatic rings. The van der Waals surface area contributed by atoms with Gasteiger partial charge in [-0.3, -0.25) is 9.35 Å². The SMILES string of the molecule is CC(CCC(=O)N1CCC(S(=O)(=O)O)C1)C1CCC2C3CCC4CC(O)CCC4(C)C3CCC12C. The lowest BCUT2D eigenvalue weighted by Crippen LogP contribution is -2.54. The second-order valence-corrected chi connectivity index (χ2v) is 15.3. The van der Waals surface area contributed by atoms with Crippen LogP contribution in [0.5, 0.6) is 0 Å². The maximum absolute atomic E-state index is 12.8. The van der Waals surface area contributed by atoms with Gasteiger partial charge in [-0.2, -0.15) is 8.42 Å². The number of hydrogen-bond donors (Lipinski definition) is 2. The molecule has 0 bridgehead atoms. The second kappa shape index (κ2) is 9.27. The smallest absolute Gasteiger partial charge is 0.269 e. The maximum atomic E-state index is 12.8. The van der Waals surface area contributed by atoms with Gasteiger partial charge in [-0.05, 0) is 117 Å². The van der Waals surface area contributed by atoms with E-state index in [2.05, 4.69) is 20.8 Å². The van der Waals surface area contributed by atoms with Crippen LogP contribution in [0.3, 0.4) is 0 Å². The molecule has 0 aromatic rings. The van der Waals surface area contributed by atoms with Gasteiger partial charge in [0.2, 0.25) is 5.91 Å². The predicted octanol–water partition coefficient (Wildman–Crippen LogP) is 4.91. The van der Waals surface area contributed by atoms with Crippen molar-refractivity contribution in [1.82, 2.24) is 4.90 Å². The van der Waals surface area contributed by atoms with E-state index in [-0.39, 0.29) is 18.6 Å². The predicted molar refractivity (Wildman–Crippen MR) is 136 cm³/mol. The average molecular weight is 510 g/mol. The number of carbonyl (C=O) groups excluding carboxylic acids is 1. The normalized spacial score (nSPS) is 46.5. The van der Waals surface area contributed by atoms with Crippen molar-refractivity contribution in [2.75, 3.05) is 13.1 Å². The van der Waals surface area contributed by atoms with E-state index in [9.17, 15) is 22.9 Å². The molecule has 35 heavy (non-hydrogen) atoms. The molecule has 5 fully saturated rings. The van der Waals surface area contributed by atoms with Crippen LogP contribution in [0.2, 0.25) is 0 Å². The molecule has 7 heteroatoms. The first-order valence-corrected chi connectivity index (χ1v) is 15.9. The summed E-state index contributed by atoms with van der Waals surface area (Å²) in [4.78, 5) is 14.4. The summed E-state index contributed by atoms with van der Waals surface area (Å²) in [7, 11) is -4.07. The minimum Gasteiger partial charge on any atom is -0.393 e. The topological polar surface area (TPSA) is 94.9 Å². The van der Waals surface area contributed by atoms with Gasteiger partial charge in [-0.1, -0.05) is 20.8 Å². The van der Waals surface area contributed by atoms with E-state index in [1.165, 1.54) is 44.9 Å². The Labute approximate surface area is 212 Å². The van der Waals surface area contributed by atoms with E-state index in [0.29, 0.717) is 48.0 Å². The Bertz CT molecular complexity index is 922. The lowest BCUT2D eigenvalue weighted by atomic mass is 9.44. The minimum atomic E-state index is -4.07. The van der Waals surface area contributed by atoms with E-state index in [4.69, 9.17) is 0 Å². The number of aliphatic hydroxyl groups excluding tert-OH is 1. The number of rotatable bonds is 5. The second-order valence-electron chi connectivity index (χ2n) is 13.6. The fourth-order valence-electron chi connectivity index (χ4n) is 10.1. The van der Waals surface area contributed by atoms with Crippen molar-refractivity contribution in [3.05, 3.63) is 0 Å². The number of likely N-dealkylation sites (tertiary alicyclic amines) is 1. The summed E-state index contributed by atoms with van der Waals surface area (Å²) in [6, 6.07) is 0. The van der Waals surface area contributed by atoms with Gasteiger partial charge < -0.3 is 10.0 Å². The Hall–Kier alpha value is -0.660. The largest absolute Gasteiger partial charge is 0.393 e. The Morgan fingerprint density at radius 2 is 1.71 bits per heavy atom. The molecule has 2 N–H and O–H groups in total. The molecule has 10 atom stereocenters. The van der Waals surface area contributed by atoms with Gasteiger partial charge >= 0.3 is 0 Å². The zero-order chi connectivity index (χ0) is 25.2. The highest BCUT2D eigenvalue weighted by Crippen LogP contribution is 2.68. The number of aliphatic hydroxyl groups is 1. The fraction of sp³-hybridized carbons (Fsp3) is 0.964. The van der Waals surface area contributed by atoms with Crippen LogP contribution < -0.4 is 0 Å². The zero-order valence-electron chi connectivity index (χ0n) is 22.0. The van der Waals surface area contributed by atoms with Crippen LogP contribution in [-0.4, -0.2) is 53.3 Å². The monoisotopic (exact) mass is 509 g/mol. The van der Waals surface area contributed by atoms with E-state index < -0.39 is 15.4 Å². The van der Waals surface area contributed by atoms with Crippen molar-refractivity contribution >= 4 is 16.0 Å². The highest BCUT2D eigenvalue weighted by molar-refractivity contribution is 7.86. The molecule has 1 saturated heterocycles. The molecule has 5 rings (SSSR count). The van der Waals surface area contributed by atoms with Crippen molar-refractivity contribution in [2.45, 2.75) is 109 Å². The maximum Gasteiger partial charge on any atom is 0.269 e. The summed E-state index contributed by atoms with van der Waals surface area (Å²) in [6.07, 6.45) is 12.6. The number of amides is 1. The van der Waals surface area contributed by atoms with Gasteiger partial charge in [0, 0.05) is 19.5 Å². The Kier molecular flexibility index (Phi) is 6.88. The molecular weight excluding hydrogens is 462 g/mol. The average Bonchev–Trinajstić information content (AvgIpc) is 3.43. The number of hydrogen-bond acceptors (Lipinski definition) is 4. The van der Waals surface area contributed by atoms with Crippen molar-refractivity contribution in [1.29, 1.82) is 0 Å². The van der Waals surface area contributed by atoms with Gasteiger partial charge in [0.1, 0.15) is 5.25 Å². The Balaban J connectivity index is 1.20. The fourth-order valence-corrected chi connectivity index (χ4v) is 10.9. The first-order chi connectivity index (χ1) is 16.4. The van der Waals surface area contributed by atoms with Gasteiger partial charge in [0.15, 0.2) is 0 Å². The van der Waals surface area contributed by atoms with Crippen LogP contribution in [0.25, 0.3) is 0 Å². The Morgan fingerprint density at radius 3 is 2.43 bits per heavy atom. The first-order valence-electron chi connectivity index (χ1n) is 14.4. The molecule has 0 spiro atoms. The van der Waals surface area contributed by atoms with Crippen LogP contribution in [0, 0.1) is 46.3 Å². The van der Waals surface area contributed by atoms with Gasteiger partial charge in [-0.15, -0.1) is 0 Å². The van der Waals surface area contributed by atoms with Gasteiger partial charge in [0.05, 0.1) is 6.10 Å².